The van der Waals surface area contributed by atoms with Crippen molar-refractivity contribution in [2.75, 3.05) is 19.6 Å². The second-order valence-corrected chi connectivity index (χ2v) is 7.60. The highest BCUT2D eigenvalue weighted by molar-refractivity contribution is 4.92. The van der Waals surface area contributed by atoms with E-state index in [-0.39, 0.29) is 0 Å². The molecule has 2 nitrogen and oxygen atoms in total. The lowest BCUT2D eigenvalue weighted by Crippen LogP contribution is -2.61. The fourth-order valence-corrected chi connectivity index (χ4v) is 4.13. The summed E-state index contributed by atoms with van der Waals surface area (Å²) in [5, 5.41) is 3.57. The summed E-state index contributed by atoms with van der Waals surface area (Å²) in [6, 6.07) is 0.839. The summed E-state index contributed by atoms with van der Waals surface area (Å²) < 4.78 is 0. The lowest BCUT2D eigenvalue weighted by Gasteiger charge is -2.47. The Bertz CT molecular complexity index is 250. The van der Waals surface area contributed by atoms with E-state index in [4.69, 9.17) is 0 Å². The minimum atomic E-state index is 0.347. The Morgan fingerprint density at radius 2 is 1.30 bits per heavy atom. The number of nitrogens with zero attached hydrogens (tertiary/aromatic N) is 1. The SMILES string of the molecule is CC1(C)CNCCN1C1CCCCCCCCCCC1. The van der Waals surface area contributed by atoms with E-state index in [1.54, 1.807) is 0 Å². The summed E-state index contributed by atoms with van der Waals surface area (Å²) in [4.78, 5) is 2.83. The van der Waals surface area contributed by atoms with Crippen molar-refractivity contribution >= 4 is 0 Å². The molecule has 118 valence electrons. The molecule has 2 heteroatoms. The Morgan fingerprint density at radius 1 is 0.800 bits per heavy atom. The van der Waals surface area contributed by atoms with Crippen molar-refractivity contribution in [3.05, 3.63) is 0 Å². The minimum absolute atomic E-state index is 0.347. The highest BCUT2D eigenvalue weighted by Gasteiger charge is 2.34. The van der Waals surface area contributed by atoms with Gasteiger partial charge in [0.2, 0.25) is 0 Å². The number of hydrogen-bond donors (Lipinski definition) is 1. The summed E-state index contributed by atoms with van der Waals surface area (Å²) in [6.07, 6.45) is 16.1. The Kier molecular flexibility index (Phi) is 6.83. The normalized spacial score (nSPS) is 28.5. The predicted molar refractivity (Wildman–Crippen MR) is 88.2 cm³/mol. The molecular weight excluding hydrogens is 244 g/mol. The van der Waals surface area contributed by atoms with Crippen LogP contribution in [0.5, 0.6) is 0 Å². The first-order valence-corrected chi connectivity index (χ1v) is 9.18. The highest BCUT2D eigenvalue weighted by Crippen LogP contribution is 2.27. The molecule has 1 N–H and O–H groups in total. The van der Waals surface area contributed by atoms with Crippen LogP contribution in [0.1, 0.15) is 84.5 Å². The molecule has 0 unspecified atom stereocenters. The minimum Gasteiger partial charge on any atom is -0.314 e. The summed E-state index contributed by atoms with van der Waals surface area (Å²) in [7, 11) is 0. The maximum Gasteiger partial charge on any atom is 0.0281 e. The molecule has 20 heavy (non-hydrogen) atoms. The second kappa shape index (κ2) is 8.38. The van der Waals surface area contributed by atoms with E-state index in [1.807, 2.05) is 0 Å². The number of nitrogens with one attached hydrogen (secondary N) is 1. The van der Waals surface area contributed by atoms with Crippen LogP contribution in [0.15, 0.2) is 0 Å². The van der Waals surface area contributed by atoms with Crippen molar-refractivity contribution in [1.82, 2.24) is 10.2 Å². The van der Waals surface area contributed by atoms with Gasteiger partial charge in [0.15, 0.2) is 0 Å². The average Bonchev–Trinajstić information content (AvgIpc) is 2.40. The Morgan fingerprint density at radius 3 is 1.80 bits per heavy atom. The van der Waals surface area contributed by atoms with Gasteiger partial charge in [-0.15, -0.1) is 0 Å². The molecule has 1 heterocycles. The lowest BCUT2D eigenvalue weighted by atomic mass is 9.91. The van der Waals surface area contributed by atoms with E-state index in [1.165, 1.54) is 83.7 Å². The van der Waals surface area contributed by atoms with Crippen molar-refractivity contribution < 1.29 is 0 Å². The van der Waals surface area contributed by atoms with Gasteiger partial charge in [-0.1, -0.05) is 57.8 Å². The van der Waals surface area contributed by atoms with E-state index in [0.29, 0.717) is 5.54 Å². The molecule has 0 bridgehead atoms. The number of hydrogen-bond acceptors (Lipinski definition) is 2. The molecular formula is C18H36N2. The van der Waals surface area contributed by atoms with E-state index in [0.717, 1.165) is 12.6 Å². The molecule has 0 amide bonds. The molecule has 1 aliphatic carbocycles. The molecule has 1 saturated heterocycles. The van der Waals surface area contributed by atoms with Crippen LogP contribution in [0.3, 0.4) is 0 Å². The molecule has 0 spiro atoms. The predicted octanol–water partition coefficient (Wildman–Crippen LogP) is 4.34. The van der Waals surface area contributed by atoms with E-state index < -0.39 is 0 Å². The third-order valence-electron chi connectivity index (χ3n) is 5.38. The second-order valence-electron chi connectivity index (χ2n) is 7.60. The van der Waals surface area contributed by atoms with Gasteiger partial charge in [0.05, 0.1) is 0 Å². The fourth-order valence-electron chi connectivity index (χ4n) is 4.13. The maximum absolute atomic E-state index is 3.57. The van der Waals surface area contributed by atoms with Crippen molar-refractivity contribution in [3.8, 4) is 0 Å². The molecule has 0 radical (unpaired) electrons. The third kappa shape index (κ3) is 5.04. The van der Waals surface area contributed by atoms with Gasteiger partial charge in [0, 0.05) is 31.2 Å². The monoisotopic (exact) mass is 280 g/mol. The van der Waals surface area contributed by atoms with Gasteiger partial charge in [-0.3, -0.25) is 4.90 Å². The summed E-state index contributed by atoms with van der Waals surface area (Å²) in [5.41, 5.74) is 0.347. The van der Waals surface area contributed by atoms with E-state index in [2.05, 4.69) is 24.1 Å². The first kappa shape index (κ1) is 16.3. The topological polar surface area (TPSA) is 15.3 Å². The Hall–Kier alpha value is -0.0800. The van der Waals surface area contributed by atoms with E-state index >= 15 is 0 Å². The first-order chi connectivity index (χ1) is 9.70. The van der Waals surface area contributed by atoms with Gasteiger partial charge >= 0.3 is 0 Å². The first-order valence-electron chi connectivity index (χ1n) is 9.18. The number of piperazine rings is 1. The Labute approximate surface area is 126 Å². The van der Waals surface area contributed by atoms with Gasteiger partial charge in [-0.2, -0.15) is 0 Å². The standard InChI is InChI=1S/C18H36N2/c1-18(2)16-19-14-15-20(18)17-12-10-8-6-4-3-5-7-9-11-13-17/h17,19H,3-16H2,1-2H3. The van der Waals surface area contributed by atoms with Crippen molar-refractivity contribution in [2.24, 2.45) is 0 Å². The zero-order chi connectivity index (χ0) is 14.3. The van der Waals surface area contributed by atoms with E-state index in [9.17, 15) is 0 Å². The molecule has 0 atom stereocenters. The van der Waals surface area contributed by atoms with Gasteiger partial charge < -0.3 is 5.32 Å². The molecule has 2 fully saturated rings. The molecule has 1 saturated carbocycles. The summed E-state index contributed by atoms with van der Waals surface area (Å²) in [6.45, 7) is 8.44. The van der Waals surface area contributed by atoms with Crippen LogP contribution >= 0.6 is 0 Å². The summed E-state index contributed by atoms with van der Waals surface area (Å²) >= 11 is 0. The zero-order valence-corrected chi connectivity index (χ0v) is 13.9. The smallest absolute Gasteiger partial charge is 0.0281 e. The van der Waals surface area contributed by atoms with Gasteiger partial charge in [-0.25, -0.2) is 0 Å². The van der Waals surface area contributed by atoms with Crippen LogP contribution < -0.4 is 5.32 Å². The van der Waals surface area contributed by atoms with Crippen molar-refractivity contribution in [3.63, 3.8) is 0 Å². The molecule has 0 aromatic rings. The van der Waals surface area contributed by atoms with Gasteiger partial charge in [0.25, 0.3) is 0 Å². The fraction of sp³-hybridized carbons (Fsp3) is 1.00. The highest BCUT2D eigenvalue weighted by atomic mass is 15.3. The van der Waals surface area contributed by atoms with Crippen molar-refractivity contribution in [1.29, 1.82) is 0 Å². The van der Waals surface area contributed by atoms with Crippen LogP contribution in [0, 0.1) is 0 Å². The van der Waals surface area contributed by atoms with Crippen LogP contribution in [0.2, 0.25) is 0 Å². The molecule has 0 aromatic heterocycles. The lowest BCUT2D eigenvalue weighted by molar-refractivity contribution is 0.0348. The summed E-state index contributed by atoms with van der Waals surface area (Å²) in [5.74, 6) is 0. The molecule has 0 aromatic carbocycles. The number of rotatable bonds is 1. The van der Waals surface area contributed by atoms with Crippen LogP contribution in [-0.2, 0) is 0 Å². The molecule has 2 rings (SSSR count). The molecule has 1 aliphatic heterocycles. The maximum atomic E-state index is 3.57. The van der Waals surface area contributed by atoms with Crippen LogP contribution in [-0.4, -0.2) is 36.1 Å². The third-order valence-corrected chi connectivity index (χ3v) is 5.38. The largest absolute Gasteiger partial charge is 0.314 e. The average molecular weight is 280 g/mol. The Balaban J connectivity index is 1.90. The molecule has 2 aliphatic rings. The zero-order valence-electron chi connectivity index (χ0n) is 13.9. The van der Waals surface area contributed by atoms with Gasteiger partial charge in [0.1, 0.15) is 0 Å². The van der Waals surface area contributed by atoms with Crippen LogP contribution in [0.25, 0.3) is 0 Å². The van der Waals surface area contributed by atoms with Crippen molar-refractivity contribution in [2.45, 2.75) is 96.1 Å². The quantitative estimate of drug-likeness (QED) is 0.768. The van der Waals surface area contributed by atoms with Gasteiger partial charge in [-0.05, 0) is 26.7 Å². The van der Waals surface area contributed by atoms with Crippen LogP contribution in [0.4, 0.5) is 0 Å².